The largest absolute Gasteiger partial charge is 0.497 e. The van der Waals surface area contributed by atoms with Gasteiger partial charge in [-0.3, -0.25) is 13.9 Å². The Morgan fingerprint density at radius 2 is 1.73 bits per heavy atom. The molecule has 1 unspecified atom stereocenters. The van der Waals surface area contributed by atoms with E-state index >= 15 is 0 Å². The van der Waals surface area contributed by atoms with Crippen molar-refractivity contribution in [2.24, 2.45) is 0 Å². The van der Waals surface area contributed by atoms with Gasteiger partial charge in [0.1, 0.15) is 24.1 Å². The third-order valence-corrected chi connectivity index (χ3v) is 8.78. The van der Waals surface area contributed by atoms with E-state index in [0.717, 1.165) is 14.8 Å². The summed E-state index contributed by atoms with van der Waals surface area (Å²) in [6.07, 6.45) is 1.90. The lowest BCUT2D eigenvalue weighted by Gasteiger charge is -2.32. The molecule has 0 spiro atoms. The summed E-state index contributed by atoms with van der Waals surface area (Å²) in [6.45, 7) is 3.21. The van der Waals surface area contributed by atoms with Gasteiger partial charge in [-0.2, -0.15) is 0 Å². The second kappa shape index (κ2) is 14.1. The Kier molecular flexibility index (Phi) is 10.9. The number of carbonyl (C=O) groups is 2. The van der Waals surface area contributed by atoms with Crippen LogP contribution in [0, 0.1) is 0 Å². The van der Waals surface area contributed by atoms with E-state index in [1.165, 1.54) is 35.8 Å². The first-order chi connectivity index (χ1) is 19.2. The highest BCUT2D eigenvalue weighted by molar-refractivity contribution is 7.98. The Labute approximate surface area is 240 Å². The smallest absolute Gasteiger partial charge is 0.264 e. The van der Waals surface area contributed by atoms with E-state index in [1.54, 1.807) is 75.6 Å². The zero-order valence-corrected chi connectivity index (χ0v) is 24.9. The standard InChI is InChI=1S/C29H35N3O6S2/c1-6-38-27-13-8-7-12-26(27)32(40(35,36)25-16-14-24(39-5)15-17-25)20-28(33)31(21(2)29(34)30-3)19-22-10-9-11-23(18-22)37-4/h7-18,21H,6,19-20H2,1-5H3,(H,30,34). The molecular formula is C29H35N3O6S2. The number of thioether (sulfide) groups is 1. The Bertz CT molecular complexity index is 1410. The van der Waals surface area contributed by atoms with Gasteiger partial charge in [0.05, 0.1) is 24.3 Å². The van der Waals surface area contributed by atoms with Gasteiger partial charge in [0.15, 0.2) is 0 Å². The van der Waals surface area contributed by atoms with Crippen molar-refractivity contribution in [1.82, 2.24) is 10.2 Å². The van der Waals surface area contributed by atoms with Gasteiger partial charge in [0.25, 0.3) is 10.0 Å². The van der Waals surface area contributed by atoms with Crippen molar-refractivity contribution in [2.45, 2.75) is 36.2 Å². The van der Waals surface area contributed by atoms with Gasteiger partial charge in [-0.1, -0.05) is 24.3 Å². The van der Waals surface area contributed by atoms with Crippen LogP contribution >= 0.6 is 11.8 Å². The molecule has 3 rings (SSSR count). The lowest BCUT2D eigenvalue weighted by atomic mass is 10.1. The number of hydrogen-bond donors (Lipinski definition) is 1. The molecule has 1 atom stereocenters. The zero-order chi connectivity index (χ0) is 29.3. The first kappa shape index (κ1) is 30.8. The first-order valence-electron chi connectivity index (χ1n) is 12.7. The summed E-state index contributed by atoms with van der Waals surface area (Å²) in [5, 5.41) is 2.57. The van der Waals surface area contributed by atoms with E-state index in [0.29, 0.717) is 18.1 Å². The predicted octanol–water partition coefficient (Wildman–Crippen LogP) is 4.17. The van der Waals surface area contributed by atoms with E-state index in [9.17, 15) is 18.0 Å². The molecule has 0 saturated heterocycles. The topological polar surface area (TPSA) is 105 Å². The fourth-order valence-corrected chi connectivity index (χ4v) is 5.92. The second-order valence-corrected chi connectivity index (χ2v) is 11.5. The number of methoxy groups -OCH3 is 1. The number of benzene rings is 3. The van der Waals surface area contributed by atoms with Gasteiger partial charge in [-0.05, 0) is 74.2 Å². The first-order valence-corrected chi connectivity index (χ1v) is 15.3. The van der Waals surface area contributed by atoms with E-state index in [2.05, 4.69) is 5.32 Å². The van der Waals surface area contributed by atoms with Gasteiger partial charge in [0, 0.05) is 18.5 Å². The minimum atomic E-state index is -4.21. The number of hydrogen-bond acceptors (Lipinski definition) is 7. The molecule has 0 heterocycles. The number of nitrogens with zero attached hydrogens (tertiary/aromatic N) is 2. The molecule has 0 saturated carbocycles. The van der Waals surface area contributed by atoms with Crippen LogP contribution in [0.2, 0.25) is 0 Å². The molecule has 1 N–H and O–H groups in total. The molecular weight excluding hydrogens is 550 g/mol. The highest BCUT2D eigenvalue weighted by atomic mass is 32.2. The Hall–Kier alpha value is -3.70. The molecule has 214 valence electrons. The summed E-state index contributed by atoms with van der Waals surface area (Å²) < 4.78 is 40.2. The molecule has 11 heteroatoms. The third kappa shape index (κ3) is 7.28. The van der Waals surface area contributed by atoms with Crippen LogP contribution < -0.4 is 19.1 Å². The molecule has 40 heavy (non-hydrogen) atoms. The van der Waals surface area contributed by atoms with Crippen LogP contribution in [0.5, 0.6) is 11.5 Å². The van der Waals surface area contributed by atoms with E-state index < -0.39 is 28.5 Å². The monoisotopic (exact) mass is 585 g/mol. The second-order valence-electron chi connectivity index (χ2n) is 8.75. The molecule has 0 fully saturated rings. The Balaban J connectivity index is 2.09. The van der Waals surface area contributed by atoms with Gasteiger partial charge in [0.2, 0.25) is 11.8 Å². The summed E-state index contributed by atoms with van der Waals surface area (Å²) >= 11 is 1.49. The average Bonchev–Trinajstić information content (AvgIpc) is 2.98. The summed E-state index contributed by atoms with van der Waals surface area (Å²) in [5.74, 6) is -0.0237. The molecule has 3 aromatic carbocycles. The molecule has 0 radical (unpaired) electrons. The minimum Gasteiger partial charge on any atom is -0.497 e. The quantitative estimate of drug-likeness (QED) is 0.300. The van der Waals surface area contributed by atoms with Gasteiger partial charge in [-0.25, -0.2) is 8.42 Å². The number of likely N-dealkylation sites (N-methyl/N-ethyl adjacent to an activating group) is 1. The van der Waals surface area contributed by atoms with Gasteiger partial charge in [-0.15, -0.1) is 11.8 Å². The SMILES string of the molecule is CCOc1ccccc1N(CC(=O)N(Cc1cccc(OC)c1)C(C)C(=O)NC)S(=O)(=O)c1ccc(SC)cc1. The highest BCUT2D eigenvalue weighted by Crippen LogP contribution is 2.33. The van der Waals surface area contributed by atoms with Gasteiger partial charge < -0.3 is 19.7 Å². The molecule has 0 aliphatic heterocycles. The lowest BCUT2D eigenvalue weighted by Crippen LogP contribution is -2.50. The molecule has 9 nitrogen and oxygen atoms in total. The predicted molar refractivity (Wildman–Crippen MR) is 157 cm³/mol. The van der Waals surface area contributed by atoms with Crippen molar-refractivity contribution in [3.63, 3.8) is 0 Å². The molecule has 2 amide bonds. The van der Waals surface area contributed by atoms with Crippen LogP contribution in [0.3, 0.4) is 0 Å². The number of sulfonamides is 1. The molecule has 0 bridgehead atoms. The van der Waals surface area contributed by atoms with E-state index in [1.807, 2.05) is 12.3 Å². The summed E-state index contributed by atoms with van der Waals surface area (Å²) in [6, 6.07) is 19.4. The number of carbonyl (C=O) groups excluding carboxylic acids is 2. The molecule has 0 aliphatic rings. The molecule has 0 aromatic heterocycles. The van der Waals surface area contributed by atoms with Crippen molar-refractivity contribution < 1.29 is 27.5 Å². The van der Waals surface area contributed by atoms with Crippen molar-refractivity contribution in [2.75, 3.05) is 37.9 Å². The summed E-state index contributed by atoms with van der Waals surface area (Å²) in [4.78, 5) is 28.9. The van der Waals surface area contributed by atoms with Crippen molar-refractivity contribution in [3.8, 4) is 11.5 Å². The van der Waals surface area contributed by atoms with Gasteiger partial charge >= 0.3 is 0 Å². The van der Waals surface area contributed by atoms with Crippen LogP contribution in [-0.4, -0.2) is 64.7 Å². The zero-order valence-electron chi connectivity index (χ0n) is 23.3. The summed E-state index contributed by atoms with van der Waals surface area (Å²) in [5.41, 5.74) is 0.945. The number of amides is 2. The number of para-hydroxylation sites is 2. The van der Waals surface area contributed by atoms with Crippen LogP contribution in [0.4, 0.5) is 5.69 Å². The molecule has 3 aromatic rings. The average molecular weight is 586 g/mol. The van der Waals surface area contributed by atoms with Crippen molar-refractivity contribution in [3.05, 3.63) is 78.4 Å². The number of nitrogens with one attached hydrogen (secondary N) is 1. The van der Waals surface area contributed by atoms with Crippen LogP contribution in [0.15, 0.2) is 82.6 Å². The van der Waals surface area contributed by atoms with Crippen LogP contribution in [0.25, 0.3) is 0 Å². The maximum atomic E-state index is 14.0. The van der Waals surface area contributed by atoms with Crippen LogP contribution in [0.1, 0.15) is 19.4 Å². The number of ether oxygens (including phenoxy) is 2. The number of rotatable bonds is 13. The maximum absolute atomic E-state index is 14.0. The minimum absolute atomic E-state index is 0.0306. The van der Waals surface area contributed by atoms with Crippen molar-refractivity contribution in [1.29, 1.82) is 0 Å². The number of anilines is 1. The van der Waals surface area contributed by atoms with E-state index in [4.69, 9.17) is 9.47 Å². The molecule has 0 aliphatic carbocycles. The van der Waals surface area contributed by atoms with Crippen LogP contribution in [-0.2, 0) is 26.2 Å². The fraction of sp³-hybridized carbons (Fsp3) is 0.310. The fourth-order valence-electron chi connectivity index (χ4n) is 4.09. The normalized spacial score (nSPS) is 11.8. The maximum Gasteiger partial charge on any atom is 0.264 e. The highest BCUT2D eigenvalue weighted by Gasteiger charge is 2.33. The van der Waals surface area contributed by atoms with E-state index in [-0.39, 0.29) is 23.0 Å². The summed E-state index contributed by atoms with van der Waals surface area (Å²) in [7, 11) is -1.18. The third-order valence-electron chi connectivity index (χ3n) is 6.26. The lowest BCUT2D eigenvalue weighted by molar-refractivity contribution is -0.139. The Morgan fingerprint density at radius 1 is 1.02 bits per heavy atom. The Morgan fingerprint density at radius 3 is 2.35 bits per heavy atom. The van der Waals surface area contributed by atoms with Crippen molar-refractivity contribution >= 4 is 39.3 Å².